The molecule has 0 heterocycles. The Morgan fingerprint density at radius 2 is 2.18 bits per heavy atom. The van der Waals surface area contributed by atoms with Gasteiger partial charge in [-0.05, 0) is 23.6 Å². The molecule has 7 nitrogen and oxygen atoms in total. The number of non-ortho nitro benzene ring substituents is 1. The van der Waals surface area contributed by atoms with E-state index in [-0.39, 0.29) is 11.6 Å². The molecule has 1 rings (SSSR count). The second-order valence-corrected chi connectivity index (χ2v) is 3.58. The molecule has 0 N–H and O–H groups in total. The van der Waals surface area contributed by atoms with Crippen molar-refractivity contribution in [1.29, 1.82) is 0 Å². The van der Waals surface area contributed by atoms with E-state index in [0.29, 0.717) is 18.9 Å². The van der Waals surface area contributed by atoms with E-state index in [9.17, 15) is 10.1 Å². The Morgan fingerprint density at radius 1 is 1.53 bits per heavy atom. The van der Waals surface area contributed by atoms with Gasteiger partial charge in [0.1, 0.15) is 5.75 Å². The molecule has 1 atom stereocenters. The van der Waals surface area contributed by atoms with E-state index in [2.05, 4.69) is 10.0 Å². The first-order valence-electron chi connectivity index (χ1n) is 5.01. The first kappa shape index (κ1) is 12.8. The van der Waals surface area contributed by atoms with Crippen LogP contribution in [0.25, 0.3) is 10.4 Å². The van der Waals surface area contributed by atoms with Crippen LogP contribution in [0.15, 0.2) is 29.4 Å². The van der Waals surface area contributed by atoms with Crippen molar-refractivity contribution < 1.29 is 9.66 Å². The van der Waals surface area contributed by atoms with Gasteiger partial charge in [0.15, 0.2) is 0 Å². The summed E-state index contributed by atoms with van der Waals surface area (Å²) in [6.45, 7) is 2.65. The Morgan fingerprint density at radius 3 is 2.71 bits per heavy atom. The minimum atomic E-state index is -0.464. The number of benzene rings is 1. The molecular formula is C10H12N4O3. The Labute approximate surface area is 97.8 Å². The zero-order chi connectivity index (χ0) is 12.7. The van der Waals surface area contributed by atoms with Gasteiger partial charge in [-0.15, -0.1) is 0 Å². The smallest absolute Gasteiger partial charge is 0.269 e. The van der Waals surface area contributed by atoms with Crippen LogP contribution in [0.2, 0.25) is 0 Å². The Kier molecular flexibility index (Phi) is 4.77. The van der Waals surface area contributed by atoms with Gasteiger partial charge in [0.2, 0.25) is 0 Å². The van der Waals surface area contributed by atoms with E-state index in [1.165, 1.54) is 12.1 Å². The van der Waals surface area contributed by atoms with Crippen LogP contribution in [0.4, 0.5) is 5.69 Å². The quantitative estimate of drug-likeness (QED) is 0.249. The monoisotopic (exact) mass is 236 g/mol. The molecule has 0 amide bonds. The van der Waals surface area contributed by atoms with Crippen molar-refractivity contribution in [2.75, 3.05) is 13.2 Å². The lowest BCUT2D eigenvalue weighted by Crippen LogP contribution is -2.11. The number of azide groups is 1. The predicted molar refractivity (Wildman–Crippen MR) is 61.8 cm³/mol. The fraction of sp³-hybridized carbons (Fsp3) is 0.400. The van der Waals surface area contributed by atoms with Crippen molar-refractivity contribution in [3.63, 3.8) is 0 Å². The summed E-state index contributed by atoms with van der Waals surface area (Å²) in [7, 11) is 0. The zero-order valence-electron chi connectivity index (χ0n) is 9.31. The van der Waals surface area contributed by atoms with Crippen molar-refractivity contribution in [3.8, 4) is 5.75 Å². The molecule has 0 aliphatic rings. The third-order valence-corrected chi connectivity index (χ3v) is 2.04. The highest BCUT2D eigenvalue weighted by atomic mass is 16.6. The van der Waals surface area contributed by atoms with Gasteiger partial charge in [-0.2, -0.15) is 0 Å². The molecule has 0 spiro atoms. The molecule has 0 saturated carbocycles. The van der Waals surface area contributed by atoms with Gasteiger partial charge in [-0.25, -0.2) is 0 Å². The maximum Gasteiger partial charge on any atom is 0.269 e. The lowest BCUT2D eigenvalue weighted by Gasteiger charge is -2.10. The number of nitrogens with zero attached hydrogens (tertiary/aromatic N) is 4. The second kappa shape index (κ2) is 6.34. The Bertz CT molecular complexity index is 426. The summed E-state index contributed by atoms with van der Waals surface area (Å²) in [6.07, 6.45) is 0. The lowest BCUT2D eigenvalue weighted by molar-refractivity contribution is -0.384. The largest absolute Gasteiger partial charge is 0.493 e. The molecule has 0 radical (unpaired) electrons. The van der Waals surface area contributed by atoms with E-state index in [1.807, 2.05) is 6.92 Å². The third-order valence-electron chi connectivity index (χ3n) is 2.04. The molecule has 90 valence electrons. The summed E-state index contributed by atoms with van der Waals surface area (Å²) in [5.41, 5.74) is 8.16. The number of rotatable bonds is 6. The van der Waals surface area contributed by atoms with Gasteiger partial charge in [0, 0.05) is 23.6 Å². The normalized spacial score (nSPS) is 11.4. The van der Waals surface area contributed by atoms with Gasteiger partial charge < -0.3 is 4.74 Å². The molecule has 0 bridgehead atoms. The molecular weight excluding hydrogens is 224 g/mol. The van der Waals surface area contributed by atoms with Gasteiger partial charge >= 0.3 is 0 Å². The molecule has 0 aliphatic carbocycles. The number of hydrogen-bond donors (Lipinski definition) is 0. The van der Waals surface area contributed by atoms with Crippen molar-refractivity contribution in [2.45, 2.75) is 6.92 Å². The van der Waals surface area contributed by atoms with Crippen LogP contribution < -0.4 is 4.74 Å². The minimum absolute atomic E-state index is 0.0273. The maximum absolute atomic E-state index is 10.4. The van der Waals surface area contributed by atoms with Crippen LogP contribution in [-0.2, 0) is 0 Å². The zero-order valence-corrected chi connectivity index (χ0v) is 9.31. The van der Waals surface area contributed by atoms with Crippen molar-refractivity contribution in [1.82, 2.24) is 0 Å². The highest BCUT2D eigenvalue weighted by Crippen LogP contribution is 2.17. The third kappa shape index (κ3) is 4.40. The van der Waals surface area contributed by atoms with Crippen molar-refractivity contribution >= 4 is 5.69 Å². The molecule has 1 aromatic rings. The van der Waals surface area contributed by atoms with Gasteiger partial charge in [-0.1, -0.05) is 12.0 Å². The molecule has 17 heavy (non-hydrogen) atoms. The van der Waals surface area contributed by atoms with Gasteiger partial charge in [0.25, 0.3) is 5.69 Å². The number of nitro groups is 1. The topological polar surface area (TPSA) is 101 Å². The predicted octanol–water partition coefficient (Wildman–Crippen LogP) is 2.92. The van der Waals surface area contributed by atoms with Crippen LogP contribution in [0, 0.1) is 16.0 Å². The van der Waals surface area contributed by atoms with Gasteiger partial charge in [-0.3, -0.25) is 10.1 Å². The van der Waals surface area contributed by atoms with Crippen molar-refractivity contribution in [2.24, 2.45) is 11.0 Å². The Balaban J connectivity index is 2.46. The minimum Gasteiger partial charge on any atom is -0.493 e. The highest BCUT2D eigenvalue weighted by Gasteiger charge is 2.05. The second-order valence-electron chi connectivity index (χ2n) is 3.58. The molecule has 1 aromatic carbocycles. The molecule has 7 heteroatoms. The fourth-order valence-corrected chi connectivity index (χ4v) is 1.13. The van der Waals surface area contributed by atoms with E-state index in [1.54, 1.807) is 12.1 Å². The summed E-state index contributed by atoms with van der Waals surface area (Å²) in [5, 5.41) is 13.8. The average molecular weight is 236 g/mol. The lowest BCUT2D eigenvalue weighted by atomic mass is 10.2. The average Bonchev–Trinajstić information content (AvgIpc) is 2.34. The highest BCUT2D eigenvalue weighted by molar-refractivity contribution is 5.35. The van der Waals surface area contributed by atoms with Crippen molar-refractivity contribution in [3.05, 3.63) is 44.8 Å². The summed E-state index contributed by atoms with van der Waals surface area (Å²) in [5.74, 6) is 0.657. The van der Waals surface area contributed by atoms with Crippen LogP contribution in [0.1, 0.15) is 6.92 Å². The first-order valence-corrected chi connectivity index (χ1v) is 5.01. The van der Waals surface area contributed by atoms with E-state index in [4.69, 9.17) is 10.3 Å². The summed E-state index contributed by atoms with van der Waals surface area (Å²) in [4.78, 5) is 12.6. The molecule has 0 aliphatic heterocycles. The number of nitro benzene ring substituents is 1. The molecule has 0 unspecified atom stereocenters. The van der Waals surface area contributed by atoms with Crippen LogP contribution in [0.3, 0.4) is 0 Å². The number of hydrogen-bond acceptors (Lipinski definition) is 4. The molecule has 0 aromatic heterocycles. The van der Waals surface area contributed by atoms with E-state index < -0.39 is 4.92 Å². The fourth-order valence-electron chi connectivity index (χ4n) is 1.13. The summed E-state index contributed by atoms with van der Waals surface area (Å²) < 4.78 is 5.39. The number of ether oxygens (including phenoxy) is 1. The van der Waals surface area contributed by atoms with Gasteiger partial charge in [0.05, 0.1) is 11.5 Å². The van der Waals surface area contributed by atoms with E-state index in [0.717, 1.165) is 0 Å². The first-order chi connectivity index (χ1) is 8.13. The SMILES string of the molecule is C[C@@H](CN=[N+]=[N-])COc1ccc([N+](=O)[O-])cc1. The van der Waals surface area contributed by atoms with Crippen LogP contribution >= 0.6 is 0 Å². The Hall–Kier alpha value is -2.27. The summed E-state index contributed by atoms with van der Waals surface area (Å²) in [6, 6.07) is 5.84. The van der Waals surface area contributed by atoms with Crippen LogP contribution in [-0.4, -0.2) is 18.1 Å². The summed E-state index contributed by atoms with van der Waals surface area (Å²) >= 11 is 0. The maximum atomic E-state index is 10.4. The standard InChI is InChI=1S/C10H12N4O3/c1-8(6-12-13-11)7-17-10-4-2-9(3-5-10)14(15)16/h2-5,8H,6-7H2,1H3/t8-/m0/s1. The van der Waals surface area contributed by atoms with E-state index >= 15 is 0 Å². The molecule has 0 fully saturated rings. The molecule has 0 saturated heterocycles. The van der Waals surface area contributed by atoms with Crippen LogP contribution in [0.5, 0.6) is 5.75 Å².